The average Bonchev–Trinajstić information content (AvgIpc) is 2.72. The molecule has 3 N–H and O–H groups in total. The summed E-state index contributed by atoms with van der Waals surface area (Å²) in [7, 11) is 1.54. The Morgan fingerprint density at radius 2 is 1.76 bits per heavy atom. The summed E-state index contributed by atoms with van der Waals surface area (Å²) >= 11 is 0. The van der Waals surface area contributed by atoms with Crippen LogP contribution >= 0.6 is 0 Å². The first-order valence-corrected chi connectivity index (χ1v) is 8.52. The van der Waals surface area contributed by atoms with Gasteiger partial charge in [-0.3, -0.25) is 25.8 Å². The van der Waals surface area contributed by atoms with Crippen LogP contribution in [0.1, 0.15) is 15.9 Å². The van der Waals surface area contributed by atoms with Crippen LogP contribution in [0.15, 0.2) is 54.9 Å². The molecule has 1 heterocycles. The average molecular weight is 394 g/mol. The highest BCUT2D eigenvalue weighted by molar-refractivity contribution is 5.96. The van der Waals surface area contributed by atoms with Crippen LogP contribution < -0.4 is 20.9 Å². The summed E-state index contributed by atoms with van der Waals surface area (Å²) in [4.78, 5) is 31.2. The van der Waals surface area contributed by atoms with Crippen molar-refractivity contribution in [3.63, 3.8) is 0 Å². The summed E-state index contributed by atoms with van der Waals surface area (Å²) in [5.74, 6) is 0.0282. The molecule has 0 saturated heterocycles. The van der Waals surface area contributed by atoms with Gasteiger partial charge in [0.05, 0.1) is 12.0 Å². The van der Waals surface area contributed by atoms with Crippen LogP contribution in [0.5, 0.6) is 5.75 Å². The van der Waals surface area contributed by atoms with E-state index in [4.69, 9.17) is 4.74 Å². The molecule has 0 saturated carbocycles. The number of carbonyl (C=O) groups is 1. The number of hydrogen-bond donors (Lipinski definition) is 3. The number of carbonyl (C=O) groups excluding carboxylic acids is 1. The summed E-state index contributed by atoms with van der Waals surface area (Å²) in [6.07, 6.45) is 1.15. The minimum atomic E-state index is -0.631. The third kappa shape index (κ3) is 4.56. The zero-order chi connectivity index (χ0) is 20.8. The van der Waals surface area contributed by atoms with Crippen LogP contribution in [0.4, 0.5) is 23.0 Å². The first-order valence-electron chi connectivity index (χ1n) is 8.52. The Kier molecular flexibility index (Phi) is 5.83. The number of amides is 1. The summed E-state index contributed by atoms with van der Waals surface area (Å²) in [5, 5.41) is 14.5. The van der Waals surface area contributed by atoms with E-state index < -0.39 is 16.5 Å². The molecule has 10 nitrogen and oxygen atoms in total. The van der Waals surface area contributed by atoms with Gasteiger partial charge in [0.1, 0.15) is 12.1 Å². The maximum atomic E-state index is 12.3. The zero-order valence-electron chi connectivity index (χ0n) is 15.7. The van der Waals surface area contributed by atoms with Gasteiger partial charge in [-0.2, -0.15) is 0 Å². The summed E-state index contributed by atoms with van der Waals surface area (Å²) in [6.45, 7) is 1.79. The Balaban J connectivity index is 1.82. The molecule has 0 unspecified atom stereocenters. The minimum Gasteiger partial charge on any atom is -0.497 e. The van der Waals surface area contributed by atoms with E-state index in [9.17, 15) is 14.9 Å². The van der Waals surface area contributed by atoms with Gasteiger partial charge >= 0.3 is 5.69 Å². The lowest BCUT2D eigenvalue weighted by Gasteiger charge is -2.12. The molecule has 1 amide bonds. The van der Waals surface area contributed by atoms with E-state index in [0.29, 0.717) is 17.0 Å². The quantitative estimate of drug-likeness (QED) is 0.411. The van der Waals surface area contributed by atoms with Crippen molar-refractivity contribution in [2.24, 2.45) is 0 Å². The predicted octanol–water partition coefficient (Wildman–Crippen LogP) is 3.20. The highest BCUT2D eigenvalue weighted by Gasteiger charge is 2.24. The fraction of sp³-hybridized carbons (Fsp3) is 0.105. The first-order chi connectivity index (χ1) is 14.0. The molecule has 0 bridgehead atoms. The Morgan fingerprint density at radius 1 is 1.07 bits per heavy atom. The highest BCUT2D eigenvalue weighted by Crippen LogP contribution is 2.31. The van der Waals surface area contributed by atoms with Gasteiger partial charge in [0, 0.05) is 11.3 Å². The van der Waals surface area contributed by atoms with Crippen LogP contribution in [0.25, 0.3) is 0 Å². The molecule has 0 aliphatic rings. The molecule has 10 heteroatoms. The maximum absolute atomic E-state index is 12.3. The van der Waals surface area contributed by atoms with Gasteiger partial charge in [0.25, 0.3) is 5.91 Å². The first kappa shape index (κ1) is 19.5. The summed E-state index contributed by atoms with van der Waals surface area (Å²) < 4.78 is 5.09. The van der Waals surface area contributed by atoms with Gasteiger partial charge in [-0.05, 0) is 42.8 Å². The predicted molar refractivity (Wildman–Crippen MR) is 107 cm³/mol. The van der Waals surface area contributed by atoms with Crippen LogP contribution in [-0.4, -0.2) is 27.9 Å². The molecule has 0 aliphatic heterocycles. The summed E-state index contributed by atoms with van der Waals surface area (Å²) in [6, 6.07) is 13.8. The SMILES string of the molecule is COc1ccc(Nc2ncnc(NNC(=O)c3ccccc3C)c2[N+](=O)[O-])cc1. The number of ether oxygens (including phenoxy) is 1. The molecule has 0 aliphatic carbocycles. The standard InChI is InChI=1S/C19H18N6O4/c1-12-5-3-4-6-15(12)19(26)24-23-18-16(25(27)28)17(20-11-21-18)22-13-7-9-14(29-2)10-8-13/h3-11H,1-2H3,(H,24,26)(H2,20,21,22,23). The molecule has 3 aromatic rings. The molecule has 0 radical (unpaired) electrons. The number of nitro groups is 1. The second kappa shape index (κ2) is 8.65. The number of aryl methyl sites for hydroxylation is 1. The number of methoxy groups -OCH3 is 1. The third-order valence-corrected chi connectivity index (χ3v) is 4.04. The third-order valence-electron chi connectivity index (χ3n) is 4.04. The van der Waals surface area contributed by atoms with Gasteiger partial charge in [0.15, 0.2) is 0 Å². The highest BCUT2D eigenvalue weighted by atomic mass is 16.6. The number of hydrazine groups is 1. The zero-order valence-corrected chi connectivity index (χ0v) is 15.7. The van der Waals surface area contributed by atoms with Crippen molar-refractivity contribution in [1.82, 2.24) is 15.4 Å². The van der Waals surface area contributed by atoms with Gasteiger partial charge in [-0.15, -0.1) is 0 Å². The Bertz CT molecular complexity index is 1040. The van der Waals surface area contributed by atoms with Gasteiger partial charge in [0.2, 0.25) is 11.6 Å². The smallest absolute Gasteiger partial charge is 0.355 e. The second-order valence-electron chi connectivity index (χ2n) is 5.92. The van der Waals surface area contributed by atoms with Crippen LogP contribution in [0.2, 0.25) is 0 Å². The van der Waals surface area contributed by atoms with Gasteiger partial charge in [-0.1, -0.05) is 18.2 Å². The van der Waals surface area contributed by atoms with Crippen molar-refractivity contribution >= 4 is 28.9 Å². The van der Waals surface area contributed by atoms with Crippen LogP contribution in [0, 0.1) is 17.0 Å². The summed E-state index contributed by atoms with van der Waals surface area (Å²) in [5.41, 5.74) is 6.31. The van der Waals surface area contributed by atoms with Crippen molar-refractivity contribution in [2.75, 3.05) is 17.9 Å². The molecule has 1 aromatic heterocycles. The van der Waals surface area contributed by atoms with Crippen molar-refractivity contribution in [2.45, 2.75) is 6.92 Å². The largest absolute Gasteiger partial charge is 0.497 e. The topological polar surface area (TPSA) is 131 Å². The lowest BCUT2D eigenvalue weighted by molar-refractivity contribution is -0.383. The van der Waals surface area contributed by atoms with Crippen molar-refractivity contribution in [3.05, 3.63) is 76.1 Å². The van der Waals surface area contributed by atoms with Crippen molar-refractivity contribution in [3.8, 4) is 5.75 Å². The fourth-order valence-electron chi connectivity index (χ4n) is 2.56. The van der Waals surface area contributed by atoms with Crippen LogP contribution in [0.3, 0.4) is 0 Å². The van der Waals surface area contributed by atoms with Crippen molar-refractivity contribution < 1.29 is 14.5 Å². The molecular weight excluding hydrogens is 376 g/mol. The van der Waals surface area contributed by atoms with E-state index in [0.717, 1.165) is 11.9 Å². The molecule has 2 aromatic carbocycles. The number of anilines is 3. The molecule has 29 heavy (non-hydrogen) atoms. The Morgan fingerprint density at radius 3 is 2.41 bits per heavy atom. The Labute approximate surface area is 166 Å². The number of benzene rings is 2. The monoisotopic (exact) mass is 394 g/mol. The minimum absolute atomic E-state index is 0.0252. The van der Waals surface area contributed by atoms with Gasteiger partial charge in [-0.25, -0.2) is 9.97 Å². The second-order valence-corrected chi connectivity index (χ2v) is 5.92. The van der Waals surface area contributed by atoms with Crippen molar-refractivity contribution in [1.29, 1.82) is 0 Å². The van der Waals surface area contributed by atoms with E-state index in [2.05, 4.69) is 26.1 Å². The molecule has 3 rings (SSSR count). The number of hydrogen-bond acceptors (Lipinski definition) is 8. The van der Waals surface area contributed by atoms with E-state index in [1.54, 1.807) is 56.5 Å². The lowest BCUT2D eigenvalue weighted by Crippen LogP contribution is -2.30. The van der Waals surface area contributed by atoms with E-state index >= 15 is 0 Å². The Hall–Kier alpha value is -4.21. The number of rotatable bonds is 7. The molecule has 0 fully saturated rings. The van der Waals surface area contributed by atoms with Crippen LogP contribution in [-0.2, 0) is 0 Å². The lowest BCUT2D eigenvalue weighted by atomic mass is 10.1. The molecule has 0 atom stereocenters. The molecular formula is C19H18N6O4. The molecule has 148 valence electrons. The number of nitrogens with zero attached hydrogens (tertiary/aromatic N) is 3. The van der Waals surface area contributed by atoms with Gasteiger partial charge < -0.3 is 10.1 Å². The number of aromatic nitrogens is 2. The molecule has 0 spiro atoms. The normalized spacial score (nSPS) is 10.1. The van der Waals surface area contributed by atoms with E-state index in [1.165, 1.54) is 0 Å². The fourth-order valence-corrected chi connectivity index (χ4v) is 2.56. The maximum Gasteiger partial charge on any atom is 0.355 e. The number of nitrogens with one attached hydrogen (secondary N) is 3. The van der Waals surface area contributed by atoms with E-state index in [1.807, 2.05) is 6.07 Å². The van der Waals surface area contributed by atoms with E-state index in [-0.39, 0.29) is 11.6 Å².